The number of fused-ring (bicyclic) bond motifs is 3. The van der Waals surface area contributed by atoms with Gasteiger partial charge in [0.05, 0.1) is 0 Å². The molecule has 116 valence electrons. The summed E-state index contributed by atoms with van der Waals surface area (Å²) in [6.45, 7) is 6.37. The molecule has 0 amide bonds. The second-order valence-electron chi connectivity index (χ2n) is 5.90. The Labute approximate surface area is 134 Å². The average Bonchev–Trinajstić information content (AvgIpc) is 2.92. The fraction of sp³-hybridized carbons (Fsp3) is 0.381. The number of carbonyl (C=O) groups is 1. The van der Waals surface area contributed by atoms with E-state index >= 15 is 0 Å². The number of unbranched alkanes of at least 4 members (excludes halogenated alkanes) is 1. The van der Waals surface area contributed by atoms with Gasteiger partial charge >= 0.3 is 0 Å². The molecule has 2 aromatic rings. The summed E-state index contributed by atoms with van der Waals surface area (Å²) in [7, 11) is 0. The van der Waals surface area contributed by atoms with Crippen molar-refractivity contribution in [2.24, 2.45) is 0 Å². The molecule has 0 saturated heterocycles. The van der Waals surface area contributed by atoms with Crippen LogP contribution >= 0.6 is 0 Å². The number of benzene rings is 2. The number of hydrogen-bond acceptors (Lipinski definition) is 1. The number of Topliss-reactive ketones (excluding diaryl/α,β-unsaturated/α-hetero) is 1. The largest absolute Gasteiger partial charge is 0.294 e. The second-order valence-corrected chi connectivity index (χ2v) is 5.90. The molecule has 22 heavy (non-hydrogen) atoms. The molecule has 0 saturated carbocycles. The molecule has 0 N–H and O–H groups in total. The zero-order valence-corrected chi connectivity index (χ0v) is 14.0. The maximum atomic E-state index is 12.3. The van der Waals surface area contributed by atoms with Gasteiger partial charge in [0, 0.05) is 12.0 Å². The van der Waals surface area contributed by atoms with Gasteiger partial charge in [-0.3, -0.25) is 4.79 Å². The van der Waals surface area contributed by atoms with Crippen LogP contribution in [0, 0.1) is 0 Å². The van der Waals surface area contributed by atoms with E-state index in [0.717, 1.165) is 24.8 Å². The number of carbonyl (C=O) groups excluding carboxylic acids is 1. The van der Waals surface area contributed by atoms with Crippen LogP contribution in [-0.4, -0.2) is 5.78 Å². The van der Waals surface area contributed by atoms with Crippen LogP contribution in [0.25, 0.3) is 11.1 Å². The van der Waals surface area contributed by atoms with Crippen LogP contribution in [0.5, 0.6) is 0 Å². The Morgan fingerprint density at radius 2 is 1.64 bits per heavy atom. The van der Waals surface area contributed by atoms with Crippen molar-refractivity contribution in [3.8, 4) is 11.1 Å². The van der Waals surface area contributed by atoms with E-state index in [9.17, 15) is 4.79 Å². The van der Waals surface area contributed by atoms with Crippen molar-refractivity contribution in [2.45, 2.75) is 52.9 Å². The van der Waals surface area contributed by atoms with Crippen LogP contribution < -0.4 is 0 Å². The van der Waals surface area contributed by atoms with E-state index in [1.54, 1.807) is 0 Å². The molecule has 0 heterocycles. The lowest BCUT2D eigenvalue weighted by Gasteiger charge is -2.07. The first-order valence-electron chi connectivity index (χ1n) is 8.46. The summed E-state index contributed by atoms with van der Waals surface area (Å²) in [5.74, 6) is 0.298. The Kier molecular flexibility index (Phi) is 5.94. The van der Waals surface area contributed by atoms with E-state index in [1.165, 1.54) is 28.7 Å². The summed E-state index contributed by atoms with van der Waals surface area (Å²) in [4.78, 5) is 12.3. The summed E-state index contributed by atoms with van der Waals surface area (Å²) >= 11 is 0. The van der Waals surface area contributed by atoms with Gasteiger partial charge < -0.3 is 0 Å². The monoisotopic (exact) mass is 294 g/mol. The summed E-state index contributed by atoms with van der Waals surface area (Å²) in [5.41, 5.74) is 6.04. The molecule has 0 radical (unpaired) electrons. The molecule has 0 aliphatic heterocycles. The van der Waals surface area contributed by atoms with Gasteiger partial charge in [-0.05, 0) is 35.1 Å². The van der Waals surface area contributed by atoms with Crippen molar-refractivity contribution in [3.63, 3.8) is 0 Å². The first kappa shape index (κ1) is 16.5. The molecule has 0 fully saturated rings. The number of hydrogen-bond donors (Lipinski definition) is 0. The summed E-state index contributed by atoms with van der Waals surface area (Å²) in [5, 5.41) is 0. The van der Waals surface area contributed by atoms with E-state index in [4.69, 9.17) is 0 Å². The van der Waals surface area contributed by atoms with Gasteiger partial charge in [-0.2, -0.15) is 0 Å². The highest BCUT2D eigenvalue weighted by atomic mass is 16.1. The maximum Gasteiger partial charge on any atom is 0.163 e. The molecule has 1 heteroatoms. The molecular weight excluding hydrogens is 268 g/mol. The van der Waals surface area contributed by atoms with Crippen molar-refractivity contribution in [1.29, 1.82) is 0 Å². The zero-order valence-electron chi connectivity index (χ0n) is 14.0. The molecule has 3 rings (SSSR count). The van der Waals surface area contributed by atoms with Crippen molar-refractivity contribution < 1.29 is 4.79 Å². The predicted octanol–water partition coefficient (Wildman–Crippen LogP) is 6.05. The van der Waals surface area contributed by atoms with E-state index in [0.29, 0.717) is 12.2 Å². The lowest BCUT2D eigenvalue weighted by atomic mass is 9.96. The average molecular weight is 294 g/mol. The van der Waals surface area contributed by atoms with Crippen molar-refractivity contribution in [2.75, 3.05) is 0 Å². The molecule has 2 aromatic carbocycles. The van der Waals surface area contributed by atoms with E-state index < -0.39 is 0 Å². The summed E-state index contributed by atoms with van der Waals surface area (Å²) in [6.07, 6.45) is 4.87. The molecule has 0 unspecified atom stereocenters. The highest BCUT2D eigenvalue weighted by Gasteiger charge is 2.22. The van der Waals surface area contributed by atoms with Crippen LogP contribution in [0.4, 0.5) is 0 Å². The third kappa shape index (κ3) is 3.47. The highest BCUT2D eigenvalue weighted by Crippen LogP contribution is 2.38. The topological polar surface area (TPSA) is 17.1 Å². The minimum absolute atomic E-state index is 0.298. The minimum Gasteiger partial charge on any atom is -0.294 e. The van der Waals surface area contributed by atoms with Crippen molar-refractivity contribution in [3.05, 3.63) is 59.2 Å². The Morgan fingerprint density at radius 1 is 0.955 bits per heavy atom. The Morgan fingerprint density at radius 3 is 2.36 bits per heavy atom. The fourth-order valence-electron chi connectivity index (χ4n) is 2.89. The van der Waals surface area contributed by atoms with Gasteiger partial charge in [0.25, 0.3) is 0 Å². The Balaban J connectivity index is 0.000000545. The third-order valence-electron chi connectivity index (χ3n) is 3.91. The molecule has 1 nitrogen and oxygen atoms in total. The standard InChI is InChI=1S/C18H18O.C3H8/c1-2-3-11-18(19)16-10-6-9-15-14-8-5-4-7-13(14)12-17(15)16;1-3-2/h4-10H,2-3,11-12H2,1H3;3H2,1-2H3. The lowest BCUT2D eigenvalue weighted by molar-refractivity contribution is 0.0979. The summed E-state index contributed by atoms with van der Waals surface area (Å²) < 4.78 is 0. The molecule has 0 atom stereocenters. The van der Waals surface area contributed by atoms with Crippen LogP contribution in [0.3, 0.4) is 0 Å². The van der Waals surface area contributed by atoms with Crippen LogP contribution in [-0.2, 0) is 6.42 Å². The van der Waals surface area contributed by atoms with Gasteiger partial charge in [-0.15, -0.1) is 0 Å². The fourth-order valence-corrected chi connectivity index (χ4v) is 2.89. The maximum absolute atomic E-state index is 12.3. The first-order valence-corrected chi connectivity index (χ1v) is 8.46. The SMILES string of the molecule is CCC.CCCCC(=O)c1cccc2c1Cc1ccccc1-2. The van der Waals surface area contributed by atoms with Crippen molar-refractivity contribution in [1.82, 2.24) is 0 Å². The molecule has 0 bridgehead atoms. The van der Waals surface area contributed by atoms with E-state index in [1.807, 2.05) is 12.1 Å². The van der Waals surface area contributed by atoms with Crippen LogP contribution in [0.1, 0.15) is 67.9 Å². The third-order valence-corrected chi connectivity index (χ3v) is 3.91. The lowest BCUT2D eigenvalue weighted by Crippen LogP contribution is -2.03. The Bertz CT molecular complexity index is 640. The van der Waals surface area contributed by atoms with E-state index in [2.05, 4.69) is 51.1 Å². The normalized spacial score (nSPS) is 11.2. The quantitative estimate of drug-likeness (QED) is 0.535. The number of rotatable bonds is 4. The highest BCUT2D eigenvalue weighted by molar-refractivity contribution is 6.00. The predicted molar refractivity (Wildman–Crippen MR) is 94.5 cm³/mol. The van der Waals surface area contributed by atoms with Gasteiger partial charge in [0.1, 0.15) is 0 Å². The molecule has 0 spiro atoms. The van der Waals surface area contributed by atoms with Gasteiger partial charge in [-0.25, -0.2) is 0 Å². The van der Waals surface area contributed by atoms with Crippen molar-refractivity contribution >= 4 is 5.78 Å². The molecular formula is C21H26O. The molecule has 1 aliphatic rings. The summed E-state index contributed by atoms with van der Waals surface area (Å²) in [6, 6.07) is 14.6. The van der Waals surface area contributed by atoms with Gasteiger partial charge in [0.2, 0.25) is 0 Å². The Hall–Kier alpha value is -1.89. The smallest absolute Gasteiger partial charge is 0.163 e. The molecule has 0 aromatic heterocycles. The number of ketones is 1. The first-order chi connectivity index (χ1) is 10.7. The van der Waals surface area contributed by atoms with Gasteiger partial charge in [0.15, 0.2) is 5.78 Å². The van der Waals surface area contributed by atoms with Crippen LogP contribution in [0.15, 0.2) is 42.5 Å². The zero-order chi connectivity index (χ0) is 15.9. The van der Waals surface area contributed by atoms with E-state index in [-0.39, 0.29) is 0 Å². The second kappa shape index (κ2) is 7.93. The molecule has 1 aliphatic carbocycles. The van der Waals surface area contributed by atoms with Crippen LogP contribution in [0.2, 0.25) is 0 Å². The minimum atomic E-state index is 0.298. The van der Waals surface area contributed by atoms with Gasteiger partial charge in [-0.1, -0.05) is 76.1 Å².